The Kier molecular flexibility index (Phi) is 7.69. The van der Waals surface area contributed by atoms with Crippen molar-refractivity contribution in [1.29, 1.82) is 0 Å². The molecule has 3 aromatic carbocycles. The number of hydrogen-bond donors (Lipinski definition) is 1. The van der Waals surface area contributed by atoms with Crippen LogP contribution in [0.25, 0.3) is 0 Å². The fourth-order valence-corrected chi connectivity index (χ4v) is 6.16. The molecule has 0 aromatic heterocycles. The first kappa shape index (κ1) is 26.2. The summed E-state index contributed by atoms with van der Waals surface area (Å²) >= 11 is 0. The minimum atomic E-state index is -3.69. The first-order chi connectivity index (χ1) is 18.3. The Balaban J connectivity index is 1.54. The lowest BCUT2D eigenvalue weighted by Crippen LogP contribution is -2.46. The highest BCUT2D eigenvalue weighted by atomic mass is 32.2. The summed E-state index contributed by atoms with van der Waals surface area (Å²) in [5.74, 6) is 2.07. The van der Waals surface area contributed by atoms with Gasteiger partial charge in [-0.1, -0.05) is 30.3 Å². The fraction of sp³-hybridized carbons (Fsp3) is 0.345. The van der Waals surface area contributed by atoms with Gasteiger partial charge in [0.05, 0.1) is 12.6 Å². The van der Waals surface area contributed by atoms with E-state index in [0.717, 1.165) is 22.3 Å². The molecule has 1 atom stereocenters. The van der Waals surface area contributed by atoms with Gasteiger partial charge in [-0.05, 0) is 77.9 Å². The minimum Gasteiger partial charge on any atom is -0.494 e. The molecule has 1 unspecified atom stereocenters. The van der Waals surface area contributed by atoms with Crippen molar-refractivity contribution in [1.82, 2.24) is 13.9 Å². The van der Waals surface area contributed by atoms with Gasteiger partial charge in [0, 0.05) is 33.6 Å². The molecule has 0 aliphatic carbocycles. The van der Waals surface area contributed by atoms with Crippen LogP contribution in [-0.4, -0.2) is 56.7 Å². The molecule has 0 spiro atoms. The van der Waals surface area contributed by atoms with Gasteiger partial charge in [0.15, 0.2) is 0 Å². The summed E-state index contributed by atoms with van der Waals surface area (Å²) in [6.45, 7) is 1.31. The van der Waals surface area contributed by atoms with Crippen LogP contribution in [0.3, 0.4) is 0 Å². The molecule has 5 aliphatic rings. The standard InChI is InChI=1S/C29H33N3O5S/c1-31(2)38(34,35)32-17-15-22-19-26-12-13-27(22)29(32)23-5-3-6-25(20-23)36-18-4-16-30-28(33)14-9-21-7-10-24(37-26)11-8-21/h3,5-8,10-13,19-20,29H,4,9,14-18H2,1-2H3,(H,30,33). The molecule has 9 heteroatoms. The van der Waals surface area contributed by atoms with Crippen LogP contribution in [0.1, 0.15) is 41.1 Å². The lowest BCUT2D eigenvalue weighted by Gasteiger charge is -2.38. The Bertz CT molecular complexity index is 1410. The summed E-state index contributed by atoms with van der Waals surface area (Å²) in [7, 11) is -0.578. The number of carbonyl (C=O) groups is 1. The predicted molar refractivity (Wildman–Crippen MR) is 146 cm³/mol. The number of amides is 1. The lowest BCUT2D eigenvalue weighted by molar-refractivity contribution is -0.121. The highest BCUT2D eigenvalue weighted by molar-refractivity contribution is 7.86. The average Bonchev–Trinajstić information content (AvgIpc) is 2.91. The maximum atomic E-state index is 13.4. The zero-order valence-corrected chi connectivity index (χ0v) is 22.5. The Morgan fingerprint density at radius 2 is 1.71 bits per heavy atom. The van der Waals surface area contributed by atoms with E-state index in [9.17, 15) is 13.2 Å². The first-order valence-electron chi connectivity index (χ1n) is 12.9. The topological polar surface area (TPSA) is 88.2 Å². The number of rotatable bonds is 2. The van der Waals surface area contributed by atoms with Gasteiger partial charge in [-0.3, -0.25) is 4.79 Å². The van der Waals surface area contributed by atoms with Gasteiger partial charge in [0.2, 0.25) is 5.91 Å². The second-order valence-corrected chi connectivity index (χ2v) is 11.9. The van der Waals surface area contributed by atoms with Crippen LogP contribution in [0.15, 0.2) is 66.7 Å². The Labute approximate surface area is 224 Å². The molecule has 5 heterocycles. The summed E-state index contributed by atoms with van der Waals surface area (Å²) in [5.41, 5.74) is 3.88. The number of carbonyl (C=O) groups excluding carboxylic acids is 1. The number of nitrogens with zero attached hydrogens (tertiary/aromatic N) is 2. The van der Waals surface area contributed by atoms with Crippen molar-refractivity contribution in [3.05, 3.63) is 89.0 Å². The Hall–Kier alpha value is -3.40. The molecule has 0 fully saturated rings. The second kappa shape index (κ2) is 11.1. The van der Waals surface area contributed by atoms with Gasteiger partial charge in [0.1, 0.15) is 17.2 Å². The normalized spacial score (nSPS) is 18.8. The van der Waals surface area contributed by atoms with Crippen LogP contribution in [0, 0.1) is 0 Å². The third-order valence-electron chi connectivity index (χ3n) is 6.94. The van der Waals surface area contributed by atoms with Gasteiger partial charge < -0.3 is 14.8 Å². The molecular formula is C29H33N3O5S. The van der Waals surface area contributed by atoms with Crippen molar-refractivity contribution < 1.29 is 22.7 Å². The summed E-state index contributed by atoms with van der Waals surface area (Å²) in [4.78, 5) is 12.2. The van der Waals surface area contributed by atoms with E-state index >= 15 is 0 Å². The SMILES string of the molecule is CN(C)S(=O)(=O)N1CCc2cc3ccc2C1c1cccc(c1)OCCCNC(=O)CCc1ccc(cc1)O3. The highest BCUT2D eigenvalue weighted by Gasteiger charge is 2.38. The zero-order chi connectivity index (χ0) is 26.7. The van der Waals surface area contributed by atoms with Crippen molar-refractivity contribution in [2.45, 2.75) is 31.7 Å². The van der Waals surface area contributed by atoms with E-state index in [1.54, 1.807) is 18.4 Å². The van der Waals surface area contributed by atoms with Gasteiger partial charge in [-0.15, -0.1) is 0 Å². The Morgan fingerprint density at radius 1 is 0.921 bits per heavy atom. The Morgan fingerprint density at radius 3 is 2.50 bits per heavy atom. The molecule has 1 N–H and O–H groups in total. The maximum absolute atomic E-state index is 13.4. The van der Waals surface area contributed by atoms with Gasteiger partial charge in [-0.2, -0.15) is 17.0 Å². The van der Waals surface area contributed by atoms with E-state index in [-0.39, 0.29) is 5.91 Å². The van der Waals surface area contributed by atoms with E-state index in [1.807, 2.05) is 66.7 Å². The van der Waals surface area contributed by atoms with Crippen molar-refractivity contribution >= 4 is 16.1 Å². The smallest absolute Gasteiger partial charge is 0.282 e. The third-order valence-corrected chi connectivity index (χ3v) is 8.85. The maximum Gasteiger partial charge on any atom is 0.282 e. The molecular weight excluding hydrogens is 502 g/mol. The third kappa shape index (κ3) is 5.70. The van der Waals surface area contributed by atoms with Crippen LogP contribution >= 0.6 is 0 Å². The number of nitrogens with one attached hydrogen (secondary N) is 1. The number of hydrogen-bond acceptors (Lipinski definition) is 5. The lowest BCUT2D eigenvalue weighted by atomic mass is 9.89. The molecule has 0 radical (unpaired) electrons. The van der Waals surface area contributed by atoms with E-state index in [4.69, 9.17) is 9.47 Å². The predicted octanol–water partition coefficient (Wildman–Crippen LogP) is 4.06. The van der Waals surface area contributed by atoms with Crippen molar-refractivity contribution in [2.24, 2.45) is 0 Å². The highest BCUT2D eigenvalue weighted by Crippen LogP contribution is 2.40. The van der Waals surface area contributed by atoms with Gasteiger partial charge in [-0.25, -0.2) is 0 Å². The molecule has 0 saturated carbocycles. The molecule has 3 aromatic rings. The van der Waals surface area contributed by atoms with Crippen LogP contribution in [0.4, 0.5) is 0 Å². The summed E-state index contributed by atoms with van der Waals surface area (Å²) < 4.78 is 41.7. The van der Waals surface area contributed by atoms with E-state index in [1.165, 1.54) is 4.31 Å². The number of ether oxygens (including phenoxy) is 2. The van der Waals surface area contributed by atoms with Crippen molar-refractivity contribution in [2.75, 3.05) is 33.8 Å². The van der Waals surface area contributed by atoms with Crippen molar-refractivity contribution in [3.63, 3.8) is 0 Å². The average molecular weight is 536 g/mol. The van der Waals surface area contributed by atoms with Crippen LogP contribution in [-0.2, 0) is 27.8 Å². The van der Waals surface area contributed by atoms with Gasteiger partial charge in [0.25, 0.3) is 10.2 Å². The molecule has 1 amide bonds. The molecule has 8 nitrogen and oxygen atoms in total. The quantitative estimate of drug-likeness (QED) is 0.535. The first-order valence-corrected chi connectivity index (χ1v) is 14.3. The summed E-state index contributed by atoms with van der Waals surface area (Å²) in [5, 5.41) is 2.95. The molecule has 8 bridgehead atoms. The van der Waals surface area contributed by atoms with Crippen LogP contribution < -0.4 is 14.8 Å². The van der Waals surface area contributed by atoms with Crippen molar-refractivity contribution in [3.8, 4) is 17.2 Å². The molecule has 8 rings (SSSR count). The zero-order valence-electron chi connectivity index (χ0n) is 21.7. The fourth-order valence-electron chi connectivity index (χ4n) is 4.92. The monoisotopic (exact) mass is 535 g/mol. The van der Waals surface area contributed by atoms with Crippen LogP contribution in [0.5, 0.6) is 17.2 Å². The minimum absolute atomic E-state index is 0.00835. The van der Waals surface area contributed by atoms with E-state index in [0.29, 0.717) is 62.6 Å². The van der Waals surface area contributed by atoms with E-state index in [2.05, 4.69) is 5.32 Å². The molecule has 38 heavy (non-hydrogen) atoms. The summed E-state index contributed by atoms with van der Waals surface area (Å²) in [6.07, 6.45) is 2.31. The van der Waals surface area contributed by atoms with Crippen LogP contribution in [0.2, 0.25) is 0 Å². The molecule has 5 aliphatic heterocycles. The summed E-state index contributed by atoms with van der Waals surface area (Å²) in [6, 6.07) is 20.7. The number of aryl methyl sites for hydroxylation is 1. The number of benzene rings is 3. The van der Waals surface area contributed by atoms with E-state index < -0.39 is 16.3 Å². The second-order valence-electron chi connectivity index (χ2n) is 9.78. The van der Waals surface area contributed by atoms with Gasteiger partial charge >= 0.3 is 0 Å². The largest absolute Gasteiger partial charge is 0.494 e. The molecule has 200 valence electrons. The molecule has 0 saturated heterocycles.